The van der Waals surface area contributed by atoms with E-state index in [-0.39, 0.29) is 5.57 Å². The van der Waals surface area contributed by atoms with E-state index in [1.165, 1.54) is 32.2 Å². The van der Waals surface area contributed by atoms with Gasteiger partial charge in [0, 0.05) is 33.2 Å². The van der Waals surface area contributed by atoms with Gasteiger partial charge in [-0.2, -0.15) is 0 Å². The van der Waals surface area contributed by atoms with Gasteiger partial charge in [0.1, 0.15) is 0 Å². The summed E-state index contributed by atoms with van der Waals surface area (Å²) in [6, 6.07) is 5.21. The van der Waals surface area contributed by atoms with Crippen molar-refractivity contribution in [3.05, 3.63) is 30.0 Å². The molecule has 0 unspecified atom stereocenters. The first kappa shape index (κ1) is 17.5. The van der Waals surface area contributed by atoms with Gasteiger partial charge in [0.2, 0.25) is 0 Å². The van der Waals surface area contributed by atoms with Crippen molar-refractivity contribution in [2.24, 2.45) is 0 Å². The molecule has 1 aliphatic heterocycles. The second-order valence-electron chi connectivity index (χ2n) is 5.51. The minimum absolute atomic E-state index is 0.204. The maximum absolute atomic E-state index is 11.9. The van der Waals surface area contributed by atoms with Gasteiger partial charge >= 0.3 is 11.9 Å². The third-order valence-electron chi connectivity index (χ3n) is 3.13. The van der Waals surface area contributed by atoms with Gasteiger partial charge in [-0.05, 0) is 12.1 Å². The number of esters is 2. The van der Waals surface area contributed by atoms with E-state index in [1.807, 2.05) is 0 Å². The van der Waals surface area contributed by atoms with Crippen molar-refractivity contribution in [3.63, 3.8) is 0 Å². The van der Waals surface area contributed by atoms with Crippen LogP contribution < -0.4 is 14.9 Å². The monoisotopic (exact) mass is 336 g/mol. The van der Waals surface area contributed by atoms with Crippen LogP contribution in [0.4, 0.5) is 5.69 Å². The van der Waals surface area contributed by atoms with Crippen LogP contribution in [0.1, 0.15) is 13.8 Å². The zero-order chi connectivity index (χ0) is 17.9. The highest BCUT2D eigenvalue weighted by molar-refractivity contribution is 6.15. The lowest BCUT2D eigenvalue weighted by molar-refractivity contribution is -0.222. The Kier molecular flexibility index (Phi) is 4.87. The highest BCUT2D eigenvalue weighted by Crippen LogP contribution is 2.30. The molecule has 2 rings (SSSR count). The molecule has 1 heterocycles. The van der Waals surface area contributed by atoms with Crippen molar-refractivity contribution in [2.45, 2.75) is 19.6 Å². The predicted molar refractivity (Wildman–Crippen MR) is 85.3 cm³/mol. The number of methoxy groups -OCH3 is 2. The van der Waals surface area contributed by atoms with Crippen molar-refractivity contribution in [3.8, 4) is 11.5 Å². The number of benzene rings is 1. The maximum atomic E-state index is 11.9. The van der Waals surface area contributed by atoms with Crippen LogP contribution in [0.25, 0.3) is 0 Å². The first-order valence-corrected chi connectivity index (χ1v) is 7.16. The first-order valence-electron chi connectivity index (χ1n) is 7.16. The van der Waals surface area contributed by atoms with Crippen molar-refractivity contribution in [1.82, 2.24) is 5.01 Å². The molecule has 0 atom stereocenters. The number of rotatable bonds is 5. The molecule has 1 aliphatic rings. The summed E-state index contributed by atoms with van der Waals surface area (Å²) in [6.07, 6.45) is 1.30. The molecule has 1 fully saturated rings. The molecule has 1 saturated heterocycles. The van der Waals surface area contributed by atoms with Crippen LogP contribution >= 0.6 is 0 Å². The molecule has 0 amide bonds. The van der Waals surface area contributed by atoms with Gasteiger partial charge in [0.15, 0.2) is 17.1 Å². The van der Waals surface area contributed by atoms with Gasteiger partial charge in [0.25, 0.3) is 5.79 Å². The zero-order valence-corrected chi connectivity index (χ0v) is 14.2. The number of anilines is 1. The SMILES string of the molecule is COc1ccc(NN(C)C=C2C(=O)OC(C)(C)OC2=O)cc1OC. The molecule has 0 aliphatic carbocycles. The smallest absolute Gasteiger partial charge is 0.350 e. The highest BCUT2D eigenvalue weighted by Gasteiger charge is 2.39. The predicted octanol–water partition coefficient (Wildman–Crippen LogP) is 1.68. The molecule has 0 aromatic heterocycles. The Hall–Kier alpha value is -2.90. The second kappa shape index (κ2) is 6.69. The van der Waals surface area contributed by atoms with E-state index in [0.717, 1.165) is 0 Å². The summed E-state index contributed by atoms with van der Waals surface area (Å²) in [5, 5.41) is 1.44. The average Bonchev–Trinajstić information content (AvgIpc) is 2.50. The summed E-state index contributed by atoms with van der Waals surface area (Å²) in [6.45, 7) is 2.98. The van der Waals surface area contributed by atoms with Gasteiger partial charge in [-0.25, -0.2) is 9.59 Å². The molecule has 1 aromatic carbocycles. The van der Waals surface area contributed by atoms with Gasteiger partial charge in [-0.1, -0.05) is 0 Å². The standard InChI is InChI=1S/C16H20N2O6/c1-16(2)23-14(19)11(15(20)24-16)9-18(3)17-10-6-7-12(21-4)13(8-10)22-5/h6-9,17H,1-5H3. The summed E-state index contributed by atoms with van der Waals surface area (Å²) >= 11 is 0. The van der Waals surface area contributed by atoms with Crippen LogP contribution in [0.5, 0.6) is 11.5 Å². The van der Waals surface area contributed by atoms with Crippen LogP contribution in [0.3, 0.4) is 0 Å². The average molecular weight is 336 g/mol. The summed E-state index contributed by atoms with van der Waals surface area (Å²) in [5.41, 5.74) is 3.45. The number of hydrogen-bond donors (Lipinski definition) is 1. The normalized spacial score (nSPS) is 16.0. The van der Waals surface area contributed by atoms with E-state index in [9.17, 15) is 9.59 Å². The number of hydrazine groups is 1. The molecule has 0 bridgehead atoms. The van der Waals surface area contributed by atoms with Crippen molar-refractivity contribution in [1.29, 1.82) is 0 Å². The van der Waals surface area contributed by atoms with Gasteiger partial charge < -0.3 is 18.9 Å². The largest absolute Gasteiger partial charge is 0.493 e. The molecule has 0 spiro atoms. The number of cyclic esters (lactones) is 2. The Morgan fingerprint density at radius 1 is 1.08 bits per heavy atom. The number of nitrogens with one attached hydrogen (secondary N) is 1. The molecular formula is C16H20N2O6. The van der Waals surface area contributed by atoms with E-state index in [0.29, 0.717) is 17.2 Å². The summed E-state index contributed by atoms with van der Waals surface area (Å²) in [5.74, 6) is -1.61. The topological polar surface area (TPSA) is 86.3 Å². The van der Waals surface area contributed by atoms with Crippen molar-refractivity contribution in [2.75, 3.05) is 26.7 Å². The molecule has 1 N–H and O–H groups in total. The summed E-state index contributed by atoms with van der Waals surface area (Å²) < 4.78 is 20.4. The maximum Gasteiger partial charge on any atom is 0.350 e. The third-order valence-corrected chi connectivity index (χ3v) is 3.13. The fourth-order valence-corrected chi connectivity index (χ4v) is 2.10. The lowest BCUT2D eigenvalue weighted by atomic mass is 10.2. The number of nitrogens with zero attached hydrogens (tertiary/aromatic N) is 1. The van der Waals surface area contributed by atoms with Gasteiger partial charge in [0.05, 0.1) is 19.9 Å². The van der Waals surface area contributed by atoms with Crippen LogP contribution in [-0.4, -0.2) is 44.0 Å². The molecule has 0 radical (unpaired) electrons. The van der Waals surface area contributed by atoms with E-state index in [1.54, 1.807) is 32.4 Å². The second-order valence-corrected chi connectivity index (χ2v) is 5.51. The Morgan fingerprint density at radius 2 is 1.67 bits per heavy atom. The van der Waals surface area contributed by atoms with Gasteiger partial charge in [-0.3, -0.25) is 10.4 Å². The van der Waals surface area contributed by atoms with Crippen LogP contribution in [0.2, 0.25) is 0 Å². The third kappa shape index (κ3) is 3.89. The van der Waals surface area contributed by atoms with E-state index >= 15 is 0 Å². The molecule has 0 saturated carbocycles. The Bertz CT molecular complexity index is 661. The fraction of sp³-hybridized carbons (Fsp3) is 0.375. The lowest BCUT2D eigenvalue weighted by Gasteiger charge is -2.30. The van der Waals surface area contributed by atoms with Gasteiger partial charge in [-0.15, -0.1) is 0 Å². The van der Waals surface area contributed by atoms with Crippen molar-refractivity contribution >= 4 is 17.6 Å². The van der Waals surface area contributed by atoms with E-state index in [2.05, 4.69) is 5.43 Å². The zero-order valence-electron chi connectivity index (χ0n) is 14.2. The fourth-order valence-electron chi connectivity index (χ4n) is 2.10. The van der Waals surface area contributed by atoms with Crippen LogP contribution in [-0.2, 0) is 19.1 Å². The minimum atomic E-state index is -1.26. The Labute approximate surface area is 139 Å². The van der Waals surface area contributed by atoms with E-state index < -0.39 is 17.7 Å². The number of hydrogen-bond acceptors (Lipinski definition) is 8. The Morgan fingerprint density at radius 3 is 2.21 bits per heavy atom. The highest BCUT2D eigenvalue weighted by atomic mass is 16.7. The molecule has 24 heavy (non-hydrogen) atoms. The van der Waals surface area contributed by atoms with Crippen molar-refractivity contribution < 1.29 is 28.5 Å². The minimum Gasteiger partial charge on any atom is -0.493 e. The molecule has 8 nitrogen and oxygen atoms in total. The lowest BCUT2D eigenvalue weighted by Crippen LogP contribution is -2.42. The van der Waals surface area contributed by atoms with Crippen LogP contribution in [0, 0.1) is 0 Å². The molecule has 130 valence electrons. The molecule has 1 aromatic rings. The van der Waals surface area contributed by atoms with Crippen LogP contribution in [0.15, 0.2) is 30.0 Å². The molecular weight excluding hydrogens is 316 g/mol. The van der Waals surface area contributed by atoms with E-state index in [4.69, 9.17) is 18.9 Å². The molecule has 8 heteroatoms. The summed E-state index contributed by atoms with van der Waals surface area (Å²) in [7, 11) is 4.70. The summed E-state index contributed by atoms with van der Waals surface area (Å²) in [4.78, 5) is 23.8. The Balaban J connectivity index is 2.14. The number of ether oxygens (including phenoxy) is 4. The number of carbonyl (C=O) groups is 2. The first-order chi connectivity index (χ1) is 11.3. The quantitative estimate of drug-likeness (QED) is 0.376. The number of carbonyl (C=O) groups excluding carboxylic acids is 2.